The lowest BCUT2D eigenvalue weighted by atomic mass is 10.2. The van der Waals surface area contributed by atoms with Crippen molar-refractivity contribution in [2.45, 2.75) is 11.4 Å². The monoisotopic (exact) mass is 408 g/mol. The number of hydrogen-bond acceptors (Lipinski definition) is 4. The molecule has 1 heterocycles. The van der Waals surface area contributed by atoms with Crippen molar-refractivity contribution in [3.63, 3.8) is 0 Å². The molecule has 1 saturated heterocycles. The van der Waals surface area contributed by atoms with Gasteiger partial charge >= 0.3 is 0 Å². The smallest absolute Gasteiger partial charge is 0.238 e. The number of halogens is 1. The van der Waals surface area contributed by atoms with Gasteiger partial charge in [-0.25, -0.2) is 17.9 Å². The molecule has 0 atom stereocenters. The Morgan fingerprint density at radius 2 is 1.78 bits per heavy atom. The van der Waals surface area contributed by atoms with Crippen LogP contribution in [-0.2, 0) is 16.6 Å². The van der Waals surface area contributed by atoms with E-state index in [0.717, 1.165) is 31.7 Å². The number of rotatable bonds is 4. The summed E-state index contributed by atoms with van der Waals surface area (Å²) in [5, 5.41) is 8.80. The van der Waals surface area contributed by atoms with Gasteiger partial charge in [0.05, 0.1) is 4.90 Å². The lowest BCUT2D eigenvalue weighted by molar-refractivity contribution is 0.177. The van der Waals surface area contributed by atoms with Crippen LogP contribution in [-0.4, -0.2) is 49.5 Å². The summed E-state index contributed by atoms with van der Waals surface area (Å²) in [7, 11) is -3.70. The van der Waals surface area contributed by atoms with Crippen LogP contribution in [0, 0.1) is 5.82 Å². The summed E-state index contributed by atoms with van der Waals surface area (Å²) in [5.41, 5.74) is 1.66. The van der Waals surface area contributed by atoms with E-state index in [1.54, 1.807) is 24.3 Å². The van der Waals surface area contributed by atoms with E-state index in [9.17, 15) is 12.8 Å². The predicted octanol–water partition coefficient (Wildman–Crippen LogP) is 1.99. The molecule has 6 nitrogen and oxygen atoms in total. The molecule has 0 bridgehead atoms. The number of anilines is 1. The summed E-state index contributed by atoms with van der Waals surface area (Å²) in [6.45, 7) is 3.87. The maximum atomic E-state index is 13.3. The molecule has 0 aliphatic carbocycles. The molecule has 0 aromatic heterocycles. The van der Waals surface area contributed by atoms with E-state index in [-0.39, 0.29) is 10.7 Å². The van der Waals surface area contributed by atoms with Crippen LogP contribution in [0.5, 0.6) is 0 Å². The van der Waals surface area contributed by atoms with Gasteiger partial charge in [0.2, 0.25) is 10.0 Å². The number of piperazine rings is 1. The number of benzene rings is 2. The summed E-state index contributed by atoms with van der Waals surface area (Å²) in [5.74, 6) is -0.218. The Kier molecular flexibility index (Phi) is 6.05. The number of sulfonamides is 1. The summed E-state index contributed by atoms with van der Waals surface area (Å²) < 4.78 is 35.9. The van der Waals surface area contributed by atoms with E-state index in [1.165, 1.54) is 18.2 Å². The molecule has 144 valence electrons. The highest BCUT2D eigenvalue weighted by molar-refractivity contribution is 7.89. The van der Waals surface area contributed by atoms with Gasteiger partial charge in [-0.05, 0) is 54.2 Å². The molecular formula is C18H21FN4O2S2. The molecule has 0 radical (unpaired) electrons. The van der Waals surface area contributed by atoms with Crippen LogP contribution in [0.2, 0.25) is 0 Å². The van der Waals surface area contributed by atoms with Gasteiger partial charge < -0.3 is 10.2 Å². The van der Waals surface area contributed by atoms with Crippen LogP contribution < -0.4 is 10.5 Å². The van der Waals surface area contributed by atoms with Crippen molar-refractivity contribution in [1.82, 2.24) is 9.80 Å². The van der Waals surface area contributed by atoms with Gasteiger partial charge in [-0.15, -0.1) is 0 Å². The zero-order valence-corrected chi connectivity index (χ0v) is 16.3. The van der Waals surface area contributed by atoms with Gasteiger partial charge in [0.15, 0.2) is 5.11 Å². The summed E-state index contributed by atoms with van der Waals surface area (Å²) in [4.78, 5) is 4.38. The van der Waals surface area contributed by atoms with E-state index in [1.807, 2.05) is 6.07 Å². The molecular weight excluding hydrogens is 387 g/mol. The van der Waals surface area contributed by atoms with Crippen LogP contribution in [0.4, 0.5) is 10.1 Å². The van der Waals surface area contributed by atoms with Gasteiger partial charge in [0.1, 0.15) is 5.82 Å². The number of primary sulfonamides is 1. The Labute approximate surface area is 163 Å². The maximum absolute atomic E-state index is 13.3. The van der Waals surface area contributed by atoms with E-state index >= 15 is 0 Å². The average Bonchev–Trinajstić information content (AvgIpc) is 2.62. The van der Waals surface area contributed by atoms with Gasteiger partial charge in [-0.1, -0.05) is 12.1 Å². The molecule has 2 aromatic rings. The van der Waals surface area contributed by atoms with E-state index in [0.29, 0.717) is 17.3 Å². The van der Waals surface area contributed by atoms with E-state index in [4.69, 9.17) is 17.4 Å². The molecule has 9 heteroatoms. The standard InChI is InChI=1S/C18H21FN4O2S2/c19-15-3-1-2-14(12-15)13-22-8-10-23(11-9-22)18(26)21-16-4-6-17(7-5-16)27(20,24)25/h1-7,12H,8-11,13H2,(H,21,26)(H2,20,24,25). The molecule has 1 fully saturated rings. The Morgan fingerprint density at radius 3 is 2.37 bits per heavy atom. The van der Waals surface area contributed by atoms with E-state index < -0.39 is 10.0 Å². The molecule has 0 unspecified atom stereocenters. The minimum atomic E-state index is -3.70. The second kappa shape index (κ2) is 8.30. The third kappa shape index (κ3) is 5.46. The van der Waals surface area contributed by atoms with Crippen LogP contribution in [0.25, 0.3) is 0 Å². The first kappa shape index (κ1) is 19.7. The highest BCUT2D eigenvalue weighted by Gasteiger charge is 2.19. The third-order valence-electron chi connectivity index (χ3n) is 4.39. The zero-order chi connectivity index (χ0) is 19.4. The van der Waals surface area contributed by atoms with Gasteiger partial charge in [0.25, 0.3) is 0 Å². The number of nitrogens with one attached hydrogen (secondary N) is 1. The van der Waals surface area contributed by atoms with Crippen molar-refractivity contribution in [2.75, 3.05) is 31.5 Å². The first-order valence-electron chi connectivity index (χ1n) is 8.47. The van der Waals surface area contributed by atoms with Crippen molar-refractivity contribution in [3.8, 4) is 0 Å². The Bertz CT molecular complexity index is 911. The van der Waals surface area contributed by atoms with Crippen molar-refractivity contribution in [2.24, 2.45) is 5.14 Å². The van der Waals surface area contributed by atoms with Crippen molar-refractivity contribution in [1.29, 1.82) is 0 Å². The number of nitrogens with two attached hydrogens (primary N) is 1. The predicted molar refractivity (Wildman–Crippen MR) is 107 cm³/mol. The average molecular weight is 409 g/mol. The first-order valence-corrected chi connectivity index (χ1v) is 10.4. The third-order valence-corrected chi connectivity index (χ3v) is 5.68. The molecule has 3 rings (SSSR count). The van der Waals surface area contributed by atoms with Crippen LogP contribution >= 0.6 is 12.2 Å². The minimum Gasteiger partial charge on any atom is -0.346 e. The number of nitrogens with zero attached hydrogens (tertiary/aromatic N) is 2. The molecule has 2 aromatic carbocycles. The Morgan fingerprint density at radius 1 is 1.11 bits per heavy atom. The largest absolute Gasteiger partial charge is 0.346 e. The first-order chi connectivity index (χ1) is 12.8. The minimum absolute atomic E-state index is 0.0601. The quantitative estimate of drug-likeness (QED) is 0.754. The van der Waals surface area contributed by atoms with E-state index in [2.05, 4.69) is 15.1 Å². The molecule has 0 spiro atoms. The lowest BCUT2D eigenvalue weighted by Gasteiger charge is -2.36. The highest BCUT2D eigenvalue weighted by Crippen LogP contribution is 2.15. The fourth-order valence-electron chi connectivity index (χ4n) is 2.93. The molecule has 0 amide bonds. The lowest BCUT2D eigenvalue weighted by Crippen LogP contribution is -2.49. The molecule has 1 aliphatic heterocycles. The van der Waals surface area contributed by atoms with Gasteiger partial charge in [-0.2, -0.15) is 0 Å². The normalized spacial score (nSPS) is 15.6. The van der Waals surface area contributed by atoms with Crippen LogP contribution in [0.1, 0.15) is 5.56 Å². The Hall–Kier alpha value is -2.07. The summed E-state index contributed by atoms with van der Waals surface area (Å²) in [6, 6.07) is 12.8. The SMILES string of the molecule is NS(=O)(=O)c1ccc(NC(=S)N2CCN(Cc3cccc(F)c3)CC2)cc1. The zero-order valence-electron chi connectivity index (χ0n) is 14.6. The van der Waals surface area contributed by atoms with Crippen LogP contribution in [0.15, 0.2) is 53.4 Å². The van der Waals surface area contributed by atoms with Crippen molar-refractivity contribution >= 4 is 33.0 Å². The molecule has 0 saturated carbocycles. The molecule has 27 heavy (non-hydrogen) atoms. The Balaban J connectivity index is 1.51. The van der Waals surface area contributed by atoms with Crippen molar-refractivity contribution < 1.29 is 12.8 Å². The van der Waals surface area contributed by atoms with Gasteiger partial charge in [-0.3, -0.25) is 4.90 Å². The second-order valence-corrected chi connectivity index (χ2v) is 8.34. The van der Waals surface area contributed by atoms with Crippen LogP contribution in [0.3, 0.4) is 0 Å². The second-order valence-electron chi connectivity index (χ2n) is 6.39. The summed E-state index contributed by atoms with van der Waals surface area (Å²) in [6.07, 6.45) is 0. The molecule has 3 N–H and O–H groups in total. The topological polar surface area (TPSA) is 78.7 Å². The fraction of sp³-hybridized carbons (Fsp3) is 0.278. The van der Waals surface area contributed by atoms with Crippen molar-refractivity contribution in [3.05, 3.63) is 59.9 Å². The number of thiocarbonyl (C=S) groups is 1. The summed E-state index contributed by atoms with van der Waals surface area (Å²) >= 11 is 5.45. The fourth-order valence-corrected chi connectivity index (χ4v) is 3.75. The highest BCUT2D eigenvalue weighted by atomic mass is 32.2. The maximum Gasteiger partial charge on any atom is 0.238 e. The van der Waals surface area contributed by atoms with Gasteiger partial charge in [0, 0.05) is 38.4 Å². The number of hydrogen-bond donors (Lipinski definition) is 2. The molecule has 1 aliphatic rings.